The molecule has 0 spiro atoms. The Morgan fingerprint density at radius 1 is 1.23 bits per heavy atom. The number of halogens is 1. The third-order valence-electron chi connectivity index (χ3n) is 4.94. The molecule has 0 unspecified atom stereocenters. The molecular weight excluding hydrogens is 441 g/mol. The Hall–Kier alpha value is -1.02. The summed E-state index contributed by atoms with van der Waals surface area (Å²) in [5.74, 6) is 1.78. The van der Waals surface area contributed by atoms with E-state index in [-0.39, 0.29) is 24.0 Å². The van der Waals surface area contributed by atoms with Gasteiger partial charge in [0.1, 0.15) is 5.75 Å². The Morgan fingerprint density at radius 3 is 2.65 bits per heavy atom. The van der Waals surface area contributed by atoms with Crippen LogP contribution in [0.25, 0.3) is 0 Å². The van der Waals surface area contributed by atoms with Gasteiger partial charge in [-0.05, 0) is 48.8 Å². The summed E-state index contributed by atoms with van der Waals surface area (Å²) in [5.41, 5.74) is 1.57. The van der Waals surface area contributed by atoms with Crippen molar-refractivity contribution in [1.82, 2.24) is 10.6 Å². The van der Waals surface area contributed by atoms with Crippen LogP contribution in [0.2, 0.25) is 0 Å². The highest BCUT2D eigenvalue weighted by atomic mass is 127. The van der Waals surface area contributed by atoms with Gasteiger partial charge in [0, 0.05) is 33.9 Å². The number of nitrogens with one attached hydrogen (secondary N) is 2. The molecule has 0 saturated heterocycles. The van der Waals surface area contributed by atoms with E-state index in [4.69, 9.17) is 9.47 Å². The molecule has 0 amide bonds. The standard InChI is InChI=1S/C20H33N3O2.HI/c1-4-12-25-18-8-5-7-17(14-18)15-22-19(21-2)23-16-20(9-6-10-20)11-13-24-3;/h5,7-8,14H,4,6,9-13,15-16H2,1-3H3,(H2,21,22,23);1H. The predicted octanol–water partition coefficient (Wildman–Crippen LogP) is 3.97. The lowest BCUT2D eigenvalue weighted by molar-refractivity contribution is 0.0732. The van der Waals surface area contributed by atoms with Crippen LogP contribution >= 0.6 is 24.0 Å². The molecule has 0 radical (unpaired) electrons. The first-order valence-electron chi connectivity index (χ1n) is 9.36. The highest BCUT2D eigenvalue weighted by molar-refractivity contribution is 14.0. The van der Waals surface area contributed by atoms with Gasteiger partial charge in [0.25, 0.3) is 0 Å². The van der Waals surface area contributed by atoms with E-state index in [1.54, 1.807) is 7.11 Å². The van der Waals surface area contributed by atoms with Crippen molar-refractivity contribution in [2.45, 2.75) is 45.6 Å². The highest BCUT2D eigenvalue weighted by Gasteiger charge is 2.36. The molecule has 1 aliphatic carbocycles. The van der Waals surface area contributed by atoms with Gasteiger partial charge in [-0.25, -0.2) is 0 Å². The van der Waals surface area contributed by atoms with Crippen LogP contribution in [-0.2, 0) is 11.3 Å². The van der Waals surface area contributed by atoms with Crippen molar-refractivity contribution in [2.24, 2.45) is 10.4 Å². The van der Waals surface area contributed by atoms with E-state index < -0.39 is 0 Å². The van der Waals surface area contributed by atoms with Gasteiger partial charge in [-0.3, -0.25) is 4.99 Å². The second kappa shape index (κ2) is 12.4. The summed E-state index contributed by atoms with van der Waals surface area (Å²) >= 11 is 0. The summed E-state index contributed by atoms with van der Waals surface area (Å²) < 4.78 is 11.0. The van der Waals surface area contributed by atoms with E-state index >= 15 is 0 Å². The summed E-state index contributed by atoms with van der Waals surface area (Å²) in [5, 5.41) is 6.89. The van der Waals surface area contributed by atoms with Gasteiger partial charge in [0.05, 0.1) is 6.61 Å². The fourth-order valence-electron chi connectivity index (χ4n) is 3.15. The summed E-state index contributed by atoms with van der Waals surface area (Å²) in [6, 6.07) is 8.22. The topological polar surface area (TPSA) is 54.9 Å². The zero-order valence-electron chi connectivity index (χ0n) is 16.3. The average molecular weight is 475 g/mol. The fraction of sp³-hybridized carbons (Fsp3) is 0.650. The van der Waals surface area contributed by atoms with Gasteiger partial charge in [-0.1, -0.05) is 25.5 Å². The molecule has 1 aromatic rings. The first kappa shape index (κ1) is 23.0. The molecule has 1 aromatic carbocycles. The number of nitrogens with zero attached hydrogens (tertiary/aromatic N) is 1. The molecule has 1 fully saturated rings. The van der Waals surface area contributed by atoms with Crippen molar-refractivity contribution in [1.29, 1.82) is 0 Å². The predicted molar refractivity (Wildman–Crippen MR) is 119 cm³/mol. The van der Waals surface area contributed by atoms with Gasteiger partial charge < -0.3 is 20.1 Å². The van der Waals surface area contributed by atoms with E-state index in [1.165, 1.54) is 24.8 Å². The van der Waals surface area contributed by atoms with Crippen LogP contribution < -0.4 is 15.4 Å². The summed E-state index contributed by atoms with van der Waals surface area (Å²) in [7, 11) is 3.59. The Labute approximate surface area is 175 Å². The van der Waals surface area contributed by atoms with Crippen LogP contribution in [0.1, 0.15) is 44.6 Å². The summed E-state index contributed by atoms with van der Waals surface area (Å²) in [6.07, 6.45) is 6.00. The number of hydrogen-bond donors (Lipinski definition) is 2. The normalized spacial score (nSPS) is 15.6. The minimum atomic E-state index is 0. The first-order valence-corrected chi connectivity index (χ1v) is 9.36. The molecule has 0 heterocycles. The number of rotatable bonds is 10. The lowest BCUT2D eigenvalue weighted by atomic mass is 9.67. The lowest BCUT2D eigenvalue weighted by Crippen LogP contribution is -2.46. The Kier molecular flexibility index (Phi) is 11.0. The minimum Gasteiger partial charge on any atom is -0.494 e. The van der Waals surface area contributed by atoms with E-state index in [1.807, 2.05) is 19.2 Å². The molecule has 6 heteroatoms. The molecule has 0 aliphatic heterocycles. The third kappa shape index (κ3) is 7.31. The van der Waals surface area contributed by atoms with Crippen LogP contribution in [0.15, 0.2) is 29.3 Å². The maximum Gasteiger partial charge on any atom is 0.191 e. The molecule has 2 rings (SSSR count). The number of methoxy groups -OCH3 is 1. The van der Waals surface area contributed by atoms with Crippen LogP contribution in [0.4, 0.5) is 0 Å². The first-order chi connectivity index (χ1) is 12.2. The third-order valence-corrected chi connectivity index (χ3v) is 4.94. The molecule has 0 atom stereocenters. The Morgan fingerprint density at radius 2 is 2.04 bits per heavy atom. The lowest BCUT2D eigenvalue weighted by Gasteiger charge is -2.42. The van der Waals surface area contributed by atoms with Crippen LogP contribution in [0.3, 0.4) is 0 Å². The van der Waals surface area contributed by atoms with E-state index in [0.717, 1.165) is 50.9 Å². The minimum absolute atomic E-state index is 0. The van der Waals surface area contributed by atoms with Crippen molar-refractivity contribution in [2.75, 3.05) is 33.9 Å². The molecule has 0 bridgehead atoms. The van der Waals surface area contributed by atoms with Gasteiger partial charge in [0.15, 0.2) is 5.96 Å². The maximum absolute atomic E-state index is 5.70. The zero-order valence-corrected chi connectivity index (χ0v) is 18.7. The number of guanidine groups is 1. The maximum atomic E-state index is 5.70. The van der Waals surface area contributed by atoms with Crippen LogP contribution in [0, 0.1) is 5.41 Å². The summed E-state index contributed by atoms with van der Waals surface area (Å²) in [6.45, 7) is 5.38. The molecule has 2 N–H and O–H groups in total. The number of hydrogen-bond acceptors (Lipinski definition) is 3. The quantitative estimate of drug-likeness (QED) is 0.306. The number of benzene rings is 1. The second-order valence-corrected chi connectivity index (χ2v) is 6.87. The van der Waals surface area contributed by atoms with E-state index in [2.05, 4.69) is 34.7 Å². The average Bonchev–Trinajstić information content (AvgIpc) is 2.61. The Bertz CT molecular complexity index is 548. The zero-order chi connectivity index (χ0) is 18.0. The number of ether oxygens (including phenoxy) is 2. The molecular formula is C20H34IN3O2. The molecule has 1 saturated carbocycles. The summed E-state index contributed by atoms with van der Waals surface area (Å²) in [4.78, 5) is 4.35. The van der Waals surface area contributed by atoms with Crippen LogP contribution in [0.5, 0.6) is 5.75 Å². The Balaban J connectivity index is 0.00000338. The van der Waals surface area contributed by atoms with Crippen molar-refractivity contribution in [3.8, 4) is 5.75 Å². The van der Waals surface area contributed by atoms with Crippen molar-refractivity contribution in [3.05, 3.63) is 29.8 Å². The molecule has 26 heavy (non-hydrogen) atoms. The second-order valence-electron chi connectivity index (χ2n) is 6.87. The monoisotopic (exact) mass is 475 g/mol. The molecule has 148 valence electrons. The number of aliphatic imine (C=N–C) groups is 1. The SMILES string of the molecule is CCCOc1cccc(CNC(=NC)NCC2(CCOC)CCC2)c1.I. The fourth-order valence-corrected chi connectivity index (χ4v) is 3.15. The van der Waals surface area contributed by atoms with Gasteiger partial charge in [-0.15, -0.1) is 24.0 Å². The van der Waals surface area contributed by atoms with Gasteiger partial charge in [-0.2, -0.15) is 0 Å². The van der Waals surface area contributed by atoms with Crippen LogP contribution in [-0.4, -0.2) is 39.9 Å². The van der Waals surface area contributed by atoms with E-state index in [0.29, 0.717) is 5.41 Å². The van der Waals surface area contributed by atoms with Crippen molar-refractivity contribution in [3.63, 3.8) is 0 Å². The molecule has 5 nitrogen and oxygen atoms in total. The molecule has 1 aliphatic rings. The van der Waals surface area contributed by atoms with Gasteiger partial charge >= 0.3 is 0 Å². The van der Waals surface area contributed by atoms with Crippen molar-refractivity contribution >= 4 is 29.9 Å². The molecule has 0 aromatic heterocycles. The smallest absolute Gasteiger partial charge is 0.191 e. The van der Waals surface area contributed by atoms with Gasteiger partial charge in [0.2, 0.25) is 0 Å². The largest absolute Gasteiger partial charge is 0.494 e. The van der Waals surface area contributed by atoms with Crippen molar-refractivity contribution < 1.29 is 9.47 Å². The highest BCUT2D eigenvalue weighted by Crippen LogP contribution is 2.43. The van der Waals surface area contributed by atoms with E-state index in [9.17, 15) is 0 Å².